The minimum absolute atomic E-state index is 0.0665. The second-order valence-corrected chi connectivity index (χ2v) is 6.66. The fourth-order valence-corrected chi connectivity index (χ4v) is 2.55. The van der Waals surface area contributed by atoms with Crippen molar-refractivity contribution in [2.24, 2.45) is 11.3 Å². The molecule has 3 heteroatoms. The second-order valence-electron chi connectivity index (χ2n) is 6.10. The lowest BCUT2D eigenvalue weighted by molar-refractivity contribution is -0.123. The van der Waals surface area contributed by atoms with Crippen LogP contribution in [0.3, 0.4) is 0 Å². The van der Waals surface area contributed by atoms with Crippen molar-refractivity contribution in [3.63, 3.8) is 0 Å². The SMILES string of the molecule is CC(C)(C)CC(=O)NCC1CCCCC1Cl. The van der Waals surface area contributed by atoms with Crippen molar-refractivity contribution in [2.75, 3.05) is 6.54 Å². The molecule has 0 bridgehead atoms. The summed E-state index contributed by atoms with van der Waals surface area (Å²) in [5.74, 6) is 0.626. The van der Waals surface area contributed by atoms with Crippen molar-refractivity contribution < 1.29 is 4.79 Å². The van der Waals surface area contributed by atoms with Crippen LogP contribution in [0.25, 0.3) is 0 Å². The molecule has 1 N–H and O–H groups in total. The van der Waals surface area contributed by atoms with Crippen LogP contribution in [0.5, 0.6) is 0 Å². The molecule has 0 aromatic heterocycles. The van der Waals surface area contributed by atoms with Gasteiger partial charge in [-0.15, -0.1) is 11.6 Å². The van der Waals surface area contributed by atoms with E-state index in [0.29, 0.717) is 12.3 Å². The molecule has 16 heavy (non-hydrogen) atoms. The largest absolute Gasteiger partial charge is 0.356 e. The normalized spacial score (nSPS) is 26.5. The van der Waals surface area contributed by atoms with Gasteiger partial charge in [-0.3, -0.25) is 4.79 Å². The molecular formula is C13H24ClNO. The number of halogens is 1. The van der Waals surface area contributed by atoms with Crippen LogP contribution >= 0.6 is 11.6 Å². The van der Waals surface area contributed by atoms with Crippen LogP contribution in [0.1, 0.15) is 52.9 Å². The average molecular weight is 246 g/mol. The van der Waals surface area contributed by atoms with Gasteiger partial charge in [-0.2, -0.15) is 0 Å². The number of amides is 1. The van der Waals surface area contributed by atoms with E-state index in [1.54, 1.807) is 0 Å². The highest BCUT2D eigenvalue weighted by atomic mass is 35.5. The first kappa shape index (κ1) is 13.8. The Morgan fingerprint density at radius 3 is 2.50 bits per heavy atom. The molecule has 1 amide bonds. The highest BCUT2D eigenvalue weighted by Gasteiger charge is 2.24. The van der Waals surface area contributed by atoms with Crippen molar-refractivity contribution >= 4 is 17.5 Å². The summed E-state index contributed by atoms with van der Waals surface area (Å²) in [6, 6.07) is 0. The third kappa shape index (κ3) is 5.20. The van der Waals surface area contributed by atoms with Gasteiger partial charge < -0.3 is 5.32 Å². The van der Waals surface area contributed by atoms with Crippen LogP contribution in [0.15, 0.2) is 0 Å². The van der Waals surface area contributed by atoms with Gasteiger partial charge in [0.05, 0.1) is 0 Å². The maximum absolute atomic E-state index is 11.7. The number of carbonyl (C=O) groups excluding carboxylic acids is 1. The molecule has 2 unspecified atom stereocenters. The minimum Gasteiger partial charge on any atom is -0.356 e. The van der Waals surface area contributed by atoms with Gasteiger partial charge in [0.25, 0.3) is 0 Å². The minimum atomic E-state index is 0.0665. The molecule has 1 aliphatic carbocycles. The average Bonchev–Trinajstić information content (AvgIpc) is 2.14. The van der Waals surface area contributed by atoms with Gasteiger partial charge in [-0.1, -0.05) is 33.6 Å². The van der Waals surface area contributed by atoms with Gasteiger partial charge in [0.1, 0.15) is 0 Å². The van der Waals surface area contributed by atoms with Gasteiger partial charge in [-0.05, 0) is 24.2 Å². The quantitative estimate of drug-likeness (QED) is 0.760. The maximum atomic E-state index is 11.7. The molecule has 0 heterocycles. The number of carbonyl (C=O) groups is 1. The molecule has 0 spiro atoms. The summed E-state index contributed by atoms with van der Waals surface area (Å²) in [5.41, 5.74) is 0.0665. The Morgan fingerprint density at radius 1 is 1.31 bits per heavy atom. The molecule has 2 atom stereocenters. The van der Waals surface area contributed by atoms with Crippen LogP contribution in [-0.2, 0) is 4.79 Å². The molecule has 94 valence electrons. The molecule has 0 aromatic carbocycles. The Labute approximate surface area is 104 Å². The van der Waals surface area contributed by atoms with E-state index in [4.69, 9.17) is 11.6 Å². The molecule has 0 radical (unpaired) electrons. The number of nitrogens with one attached hydrogen (secondary N) is 1. The zero-order chi connectivity index (χ0) is 12.2. The summed E-state index contributed by atoms with van der Waals surface area (Å²) in [4.78, 5) is 11.7. The predicted octanol–water partition coefficient (Wildman–Crippen LogP) is 3.34. The first-order valence-corrected chi connectivity index (χ1v) is 6.73. The summed E-state index contributed by atoms with van der Waals surface area (Å²) in [7, 11) is 0. The van der Waals surface area contributed by atoms with E-state index in [1.165, 1.54) is 12.8 Å². The smallest absolute Gasteiger partial charge is 0.220 e. The summed E-state index contributed by atoms with van der Waals surface area (Å²) >= 11 is 6.25. The van der Waals surface area contributed by atoms with Gasteiger partial charge in [0.15, 0.2) is 0 Å². The third-order valence-corrected chi connectivity index (χ3v) is 3.64. The Balaban J connectivity index is 2.25. The van der Waals surface area contributed by atoms with Crippen molar-refractivity contribution in [1.29, 1.82) is 0 Å². The molecule has 1 rings (SSSR count). The predicted molar refractivity (Wildman–Crippen MR) is 68.7 cm³/mol. The van der Waals surface area contributed by atoms with Gasteiger partial charge >= 0.3 is 0 Å². The van der Waals surface area contributed by atoms with E-state index >= 15 is 0 Å². The molecular weight excluding hydrogens is 222 g/mol. The topological polar surface area (TPSA) is 29.1 Å². The fourth-order valence-electron chi connectivity index (χ4n) is 2.18. The van der Waals surface area contributed by atoms with Crippen molar-refractivity contribution in [1.82, 2.24) is 5.32 Å². The number of hydrogen-bond donors (Lipinski definition) is 1. The van der Waals surface area contributed by atoms with Crippen LogP contribution < -0.4 is 5.32 Å². The highest BCUT2D eigenvalue weighted by Crippen LogP contribution is 2.28. The summed E-state index contributed by atoms with van der Waals surface area (Å²) in [6.07, 6.45) is 5.33. The standard InChI is InChI=1S/C13H24ClNO/c1-13(2,3)8-12(16)15-9-10-6-4-5-7-11(10)14/h10-11H,4-9H2,1-3H3,(H,15,16). The van der Waals surface area contributed by atoms with E-state index < -0.39 is 0 Å². The first-order valence-electron chi connectivity index (χ1n) is 6.29. The molecule has 0 saturated heterocycles. The highest BCUT2D eigenvalue weighted by molar-refractivity contribution is 6.20. The molecule has 1 aliphatic rings. The van der Waals surface area contributed by atoms with Crippen molar-refractivity contribution in [2.45, 2.75) is 58.3 Å². The van der Waals surface area contributed by atoms with Crippen LogP contribution in [0.2, 0.25) is 0 Å². The number of hydrogen-bond acceptors (Lipinski definition) is 1. The Hall–Kier alpha value is -0.240. The van der Waals surface area contributed by atoms with E-state index in [9.17, 15) is 4.79 Å². The molecule has 1 fully saturated rings. The molecule has 0 aliphatic heterocycles. The summed E-state index contributed by atoms with van der Waals surface area (Å²) < 4.78 is 0. The van der Waals surface area contributed by atoms with Crippen LogP contribution in [0.4, 0.5) is 0 Å². The van der Waals surface area contributed by atoms with E-state index in [2.05, 4.69) is 26.1 Å². The van der Waals surface area contributed by atoms with E-state index in [-0.39, 0.29) is 16.7 Å². The fraction of sp³-hybridized carbons (Fsp3) is 0.923. The van der Waals surface area contributed by atoms with Gasteiger partial charge in [0, 0.05) is 18.3 Å². The zero-order valence-electron chi connectivity index (χ0n) is 10.7. The monoisotopic (exact) mass is 245 g/mol. The second kappa shape index (κ2) is 5.90. The van der Waals surface area contributed by atoms with Gasteiger partial charge in [-0.25, -0.2) is 0 Å². The molecule has 2 nitrogen and oxygen atoms in total. The molecule has 0 aromatic rings. The maximum Gasteiger partial charge on any atom is 0.220 e. The van der Waals surface area contributed by atoms with Gasteiger partial charge in [0.2, 0.25) is 5.91 Å². The van der Waals surface area contributed by atoms with Crippen LogP contribution in [-0.4, -0.2) is 17.8 Å². The first-order chi connectivity index (χ1) is 7.38. The zero-order valence-corrected chi connectivity index (χ0v) is 11.4. The Bertz CT molecular complexity index is 235. The number of rotatable bonds is 3. The Kier molecular flexibility index (Phi) is 5.10. The summed E-state index contributed by atoms with van der Waals surface area (Å²) in [6.45, 7) is 7.00. The lowest BCUT2D eigenvalue weighted by atomic mass is 9.88. The lowest BCUT2D eigenvalue weighted by Gasteiger charge is -2.27. The third-order valence-electron chi connectivity index (χ3n) is 3.07. The van der Waals surface area contributed by atoms with Crippen LogP contribution in [0, 0.1) is 11.3 Å². The van der Waals surface area contributed by atoms with E-state index in [1.807, 2.05) is 0 Å². The number of alkyl halides is 1. The van der Waals surface area contributed by atoms with Crippen molar-refractivity contribution in [3.8, 4) is 0 Å². The van der Waals surface area contributed by atoms with Crippen molar-refractivity contribution in [3.05, 3.63) is 0 Å². The van der Waals surface area contributed by atoms with E-state index in [0.717, 1.165) is 19.4 Å². The Morgan fingerprint density at radius 2 is 1.94 bits per heavy atom. The molecule has 1 saturated carbocycles. The summed E-state index contributed by atoms with van der Waals surface area (Å²) in [5, 5.41) is 3.27. The lowest BCUT2D eigenvalue weighted by Crippen LogP contribution is -2.36.